The molecule has 5 nitrogen and oxygen atoms in total. The van der Waals surface area contributed by atoms with Crippen LogP contribution in [0.25, 0.3) is 0 Å². The van der Waals surface area contributed by atoms with Crippen LogP contribution in [0, 0.1) is 0 Å². The lowest BCUT2D eigenvalue weighted by Gasteiger charge is -2.30. The van der Waals surface area contributed by atoms with Crippen LogP contribution in [0.15, 0.2) is 48.5 Å². The molecule has 2 unspecified atom stereocenters. The first-order chi connectivity index (χ1) is 13.8. The zero-order chi connectivity index (χ0) is 21.0. The van der Waals surface area contributed by atoms with Crippen molar-refractivity contribution in [3.63, 3.8) is 0 Å². The third-order valence-corrected chi connectivity index (χ3v) is 5.63. The second-order valence-corrected chi connectivity index (χ2v) is 8.55. The van der Waals surface area contributed by atoms with Crippen LogP contribution in [0.5, 0.6) is 5.75 Å². The summed E-state index contributed by atoms with van der Waals surface area (Å²) >= 11 is 0. The molecule has 0 aliphatic carbocycles. The van der Waals surface area contributed by atoms with E-state index in [1.165, 1.54) is 12.7 Å². The molecule has 1 heterocycles. The van der Waals surface area contributed by atoms with Gasteiger partial charge in [0.15, 0.2) is 0 Å². The van der Waals surface area contributed by atoms with Crippen molar-refractivity contribution in [3.8, 4) is 5.75 Å². The molecule has 3 rings (SSSR count). The van der Waals surface area contributed by atoms with E-state index in [4.69, 9.17) is 9.47 Å². The van der Waals surface area contributed by atoms with E-state index in [-0.39, 0.29) is 23.7 Å². The molecular formula is C24H32N2O3. The molecule has 2 aromatic rings. The Hall–Kier alpha value is -2.53. The Labute approximate surface area is 174 Å². The van der Waals surface area contributed by atoms with Gasteiger partial charge in [-0.3, -0.25) is 10.2 Å². The minimum atomic E-state index is -0.302. The fourth-order valence-electron chi connectivity index (χ4n) is 3.98. The number of nitrogens with zero attached hydrogens (tertiary/aromatic N) is 1. The molecule has 29 heavy (non-hydrogen) atoms. The highest BCUT2D eigenvalue weighted by molar-refractivity contribution is 5.69. The number of likely N-dealkylation sites (tertiary alicyclic amines) is 1. The van der Waals surface area contributed by atoms with Gasteiger partial charge in [0.05, 0.1) is 26.4 Å². The third-order valence-electron chi connectivity index (χ3n) is 5.63. The van der Waals surface area contributed by atoms with E-state index in [1.807, 2.05) is 29.2 Å². The third kappa shape index (κ3) is 4.73. The summed E-state index contributed by atoms with van der Waals surface area (Å²) in [7, 11) is 3.13. The molecule has 156 valence electrons. The van der Waals surface area contributed by atoms with Crippen LogP contribution >= 0.6 is 0 Å². The number of rotatable bonds is 5. The van der Waals surface area contributed by atoms with Crippen molar-refractivity contribution in [1.29, 1.82) is 0 Å². The van der Waals surface area contributed by atoms with E-state index in [0.717, 1.165) is 29.7 Å². The van der Waals surface area contributed by atoms with Crippen molar-refractivity contribution >= 4 is 6.09 Å². The van der Waals surface area contributed by atoms with Crippen molar-refractivity contribution in [2.75, 3.05) is 14.2 Å². The molecule has 1 fully saturated rings. The lowest BCUT2D eigenvalue weighted by atomic mass is 9.86. The van der Waals surface area contributed by atoms with Crippen LogP contribution in [-0.2, 0) is 16.7 Å². The van der Waals surface area contributed by atoms with Crippen LogP contribution in [-0.4, -0.2) is 31.4 Å². The first kappa shape index (κ1) is 21.2. The van der Waals surface area contributed by atoms with Crippen LogP contribution in [0.1, 0.15) is 56.3 Å². The predicted molar refractivity (Wildman–Crippen MR) is 115 cm³/mol. The first-order valence-corrected chi connectivity index (χ1v) is 10.2. The van der Waals surface area contributed by atoms with Gasteiger partial charge in [-0.25, -0.2) is 4.79 Å². The molecule has 1 saturated heterocycles. The molecule has 0 aromatic heterocycles. The Morgan fingerprint density at radius 3 is 2.45 bits per heavy atom. The van der Waals surface area contributed by atoms with E-state index in [0.29, 0.717) is 6.54 Å². The fourth-order valence-corrected chi connectivity index (χ4v) is 3.98. The highest BCUT2D eigenvalue weighted by Gasteiger charge is 2.38. The summed E-state index contributed by atoms with van der Waals surface area (Å²) < 4.78 is 10.7. The summed E-state index contributed by atoms with van der Waals surface area (Å²) in [6.45, 7) is 7.22. The minimum Gasteiger partial charge on any atom is -0.496 e. The maximum Gasteiger partial charge on any atom is 0.411 e. The molecule has 0 spiro atoms. The zero-order valence-electron chi connectivity index (χ0n) is 18.1. The summed E-state index contributed by atoms with van der Waals surface area (Å²) in [5, 5.41) is 3.56. The molecule has 0 bridgehead atoms. The Morgan fingerprint density at radius 2 is 1.83 bits per heavy atom. The van der Waals surface area contributed by atoms with E-state index in [2.05, 4.69) is 50.4 Å². The van der Waals surface area contributed by atoms with Gasteiger partial charge >= 0.3 is 6.09 Å². The van der Waals surface area contributed by atoms with Gasteiger partial charge < -0.3 is 9.47 Å². The zero-order valence-corrected chi connectivity index (χ0v) is 18.1. The number of carbonyl (C=O) groups excluding carboxylic acids is 1. The molecule has 0 saturated carbocycles. The smallest absolute Gasteiger partial charge is 0.411 e. The van der Waals surface area contributed by atoms with Crippen molar-refractivity contribution in [2.45, 2.75) is 57.8 Å². The summed E-state index contributed by atoms with van der Waals surface area (Å²) in [6, 6.07) is 16.5. The first-order valence-electron chi connectivity index (χ1n) is 10.2. The molecule has 0 radical (unpaired) electrons. The number of ether oxygens (including phenoxy) is 2. The van der Waals surface area contributed by atoms with Crippen molar-refractivity contribution in [1.82, 2.24) is 10.2 Å². The van der Waals surface area contributed by atoms with E-state index in [1.54, 1.807) is 7.11 Å². The second kappa shape index (κ2) is 8.87. The van der Waals surface area contributed by atoms with Gasteiger partial charge in [-0.1, -0.05) is 63.2 Å². The Kier molecular flexibility index (Phi) is 6.48. The normalized spacial score (nSPS) is 19.3. The van der Waals surface area contributed by atoms with Gasteiger partial charge in [0, 0.05) is 12.1 Å². The monoisotopic (exact) mass is 396 g/mol. The average Bonchev–Trinajstić information content (AvgIpc) is 3.15. The number of amides is 1. The van der Waals surface area contributed by atoms with Gasteiger partial charge in [-0.2, -0.15) is 0 Å². The van der Waals surface area contributed by atoms with Gasteiger partial charge in [0.25, 0.3) is 0 Å². The van der Waals surface area contributed by atoms with Gasteiger partial charge in [0.1, 0.15) is 5.75 Å². The van der Waals surface area contributed by atoms with Crippen LogP contribution in [0.4, 0.5) is 4.79 Å². The fraction of sp³-hybridized carbons (Fsp3) is 0.458. The molecule has 5 heteroatoms. The maximum absolute atomic E-state index is 12.6. The van der Waals surface area contributed by atoms with E-state index >= 15 is 0 Å². The van der Waals surface area contributed by atoms with Crippen LogP contribution < -0.4 is 10.1 Å². The number of hydrogen-bond acceptors (Lipinski definition) is 4. The molecule has 2 aromatic carbocycles. The number of methoxy groups -OCH3 is 2. The summed E-state index contributed by atoms with van der Waals surface area (Å²) in [5.74, 6) is 0.854. The predicted octanol–water partition coefficient (Wildman–Crippen LogP) is 5.01. The standard InChI is InChI=1S/C24H32N2O3/c1-24(2,3)19-11-13-21(28-4)18(15-19)16-25-22-14-12-20(26(22)23(27)29-5)17-9-7-6-8-10-17/h6-11,13,15,20,22,25H,12,14,16H2,1-5H3. The van der Waals surface area contributed by atoms with Crippen molar-refractivity contribution in [3.05, 3.63) is 65.2 Å². The second-order valence-electron chi connectivity index (χ2n) is 8.55. The maximum atomic E-state index is 12.6. The average molecular weight is 397 g/mol. The molecule has 2 atom stereocenters. The Bertz CT molecular complexity index is 830. The van der Waals surface area contributed by atoms with Crippen molar-refractivity contribution in [2.24, 2.45) is 0 Å². The van der Waals surface area contributed by atoms with Crippen LogP contribution in [0.3, 0.4) is 0 Å². The Balaban J connectivity index is 1.80. The number of nitrogens with one attached hydrogen (secondary N) is 1. The quantitative estimate of drug-likeness (QED) is 0.772. The number of carbonyl (C=O) groups is 1. The SMILES string of the molecule is COC(=O)N1C(NCc2cc(C(C)(C)C)ccc2OC)CCC1c1ccccc1. The molecule has 1 N–H and O–H groups in total. The van der Waals surface area contributed by atoms with E-state index in [9.17, 15) is 4.79 Å². The van der Waals surface area contributed by atoms with Gasteiger partial charge in [-0.15, -0.1) is 0 Å². The molecule has 1 aliphatic rings. The van der Waals surface area contributed by atoms with Gasteiger partial charge in [0.2, 0.25) is 0 Å². The molecule has 1 aliphatic heterocycles. The highest BCUT2D eigenvalue weighted by Crippen LogP contribution is 2.36. The largest absolute Gasteiger partial charge is 0.496 e. The van der Waals surface area contributed by atoms with E-state index < -0.39 is 0 Å². The lowest BCUT2D eigenvalue weighted by Crippen LogP contribution is -2.45. The lowest BCUT2D eigenvalue weighted by molar-refractivity contribution is 0.0944. The summed E-state index contributed by atoms with van der Waals surface area (Å²) in [5.41, 5.74) is 3.54. The van der Waals surface area contributed by atoms with Crippen LogP contribution in [0.2, 0.25) is 0 Å². The number of hydrogen-bond donors (Lipinski definition) is 1. The van der Waals surface area contributed by atoms with Gasteiger partial charge in [-0.05, 0) is 35.4 Å². The summed E-state index contributed by atoms with van der Waals surface area (Å²) in [4.78, 5) is 14.4. The molecular weight excluding hydrogens is 364 g/mol. The highest BCUT2D eigenvalue weighted by atomic mass is 16.5. The number of benzene rings is 2. The molecule has 1 amide bonds. The minimum absolute atomic E-state index is 0.0176. The Morgan fingerprint density at radius 1 is 1.10 bits per heavy atom. The summed E-state index contributed by atoms with van der Waals surface area (Å²) in [6.07, 6.45) is 1.38. The van der Waals surface area contributed by atoms with Crippen molar-refractivity contribution < 1.29 is 14.3 Å². The topological polar surface area (TPSA) is 50.8 Å².